The van der Waals surface area contributed by atoms with Crippen LogP contribution >= 0.6 is 0 Å². The van der Waals surface area contributed by atoms with E-state index in [1.807, 2.05) is 6.92 Å². The number of hydrogen-bond donors (Lipinski definition) is 0. The van der Waals surface area contributed by atoms with Gasteiger partial charge in [0, 0.05) is 11.1 Å². The lowest BCUT2D eigenvalue weighted by atomic mass is 9.99. The van der Waals surface area contributed by atoms with Gasteiger partial charge in [-0.2, -0.15) is 0 Å². The zero-order valence-corrected chi connectivity index (χ0v) is 19.1. The first-order valence-electron chi connectivity index (χ1n) is 11.0. The van der Waals surface area contributed by atoms with E-state index >= 15 is 0 Å². The molecule has 0 aromatic heterocycles. The first kappa shape index (κ1) is 24.5. The Bertz CT molecular complexity index is 521. The van der Waals surface area contributed by atoms with Crippen LogP contribution in [0.3, 0.4) is 0 Å². The molecule has 0 radical (unpaired) electrons. The lowest BCUT2D eigenvalue weighted by Gasteiger charge is -2.21. The Morgan fingerprint density at radius 2 is 0.857 bits per heavy atom. The number of hydrogen-bond acceptors (Lipinski definition) is 4. The summed E-state index contributed by atoms with van der Waals surface area (Å²) in [5, 5.41) is 0. The monoisotopic (exact) mass is 394 g/mol. The Morgan fingerprint density at radius 3 is 1.21 bits per heavy atom. The van der Waals surface area contributed by atoms with Crippen LogP contribution in [0.1, 0.15) is 88.7 Å². The number of methoxy groups -OCH3 is 4. The van der Waals surface area contributed by atoms with Gasteiger partial charge < -0.3 is 18.9 Å². The van der Waals surface area contributed by atoms with Crippen molar-refractivity contribution >= 4 is 0 Å². The molecule has 0 amide bonds. The zero-order chi connectivity index (χ0) is 20.8. The highest BCUT2D eigenvalue weighted by Gasteiger charge is 2.24. The molecule has 0 atom stereocenters. The molecular weight excluding hydrogens is 352 g/mol. The summed E-state index contributed by atoms with van der Waals surface area (Å²) in [4.78, 5) is 0. The van der Waals surface area contributed by atoms with Gasteiger partial charge in [0.2, 0.25) is 0 Å². The fourth-order valence-corrected chi connectivity index (χ4v) is 3.94. The second kappa shape index (κ2) is 14.4. The standard InChI is InChI=1S/C24H42O4/c1-7-8-9-10-11-12-13-14-15-16-17-18-20-23(27-5)21(25-3)19(2)22(26-4)24(20)28-6/h7-18H2,1-6H3. The molecular formula is C24H42O4. The zero-order valence-electron chi connectivity index (χ0n) is 19.1. The molecule has 1 aromatic carbocycles. The van der Waals surface area contributed by atoms with Crippen LogP contribution in [-0.2, 0) is 6.42 Å². The van der Waals surface area contributed by atoms with Crippen LogP contribution in [0.4, 0.5) is 0 Å². The summed E-state index contributed by atoms with van der Waals surface area (Å²) in [7, 11) is 6.71. The van der Waals surface area contributed by atoms with Gasteiger partial charge in [0.15, 0.2) is 23.0 Å². The SMILES string of the molecule is CCCCCCCCCCCCCc1c(OC)c(OC)c(C)c(OC)c1OC. The predicted molar refractivity (Wildman–Crippen MR) is 118 cm³/mol. The van der Waals surface area contributed by atoms with Gasteiger partial charge in [-0.25, -0.2) is 0 Å². The van der Waals surface area contributed by atoms with Crippen LogP contribution < -0.4 is 18.9 Å². The normalized spacial score (nSPS) is 10.8. The molecule has 4 heteroatoms. The molecule has 162 valence electrons. The van der Waals surface area contributed by atoms with Crippen LogP contribution in [0.25, 0.3) is 0 Å². The van der Waals surface area contributed by atoms with Gasteiger partial charge in [-0.15, -0.1) is 0 Å². The van der Waals surface area contributed by atoms with E-state index in [0.717, 1.165) is 47.0 Å². The van der Waals surface area contributed by atoms with E-state index in [9.17, 15) is 0 Å². The van der Waals surface area contributed by atoms with Crippen molar-refractivity contribution in [2.24, 2.45) is 0 Å². The van der Waals surface area contributed by atoms with Gasteiger partial charge in [-0.1, -0.05) is 71.1 Å². The highest BCUT2D eigenvalue weighted by molar-refractivity contribution is 5.66. The second-order valence-electron chi connectivity index (χ2n) is 7.52. The molecule has 0 aliphatic carbocycles. The molecule has 0 bridgehead atoms. The predicted octanol–water partition coefficient (Wildman–Crippen LogP) is 6.88. The maximum atomic E-state index is 5.68. The van der Waals surface area contributed by atoms with Crippen molar-refractivity contribution in [3.05, 3.63) is 11.1 Å². The summed E-state index contributed by atoms with van der Waals surface area (Å²) in [6.45, 7) is 4.24. The average Bonchev–Trinajstić information content (AvgIpc) is 2.71. The fourth-order valence-electron chi connectivity index (χ4n) is 3.94. The fraction of sp³-hybridized carbons (Fsp3) is 0.750. The van der Waals surface area contributed by atoms with Crippen molar-refractivity contribution in [1.82, 2.24) is 0 Å². The summed E-state index contributed by atoms with van der Waals surface area (Å²) in [5.74, 6) is 3.01. The third-order valence-corrected chi connectivity index (χ3v) is 5.49. The Morgan fingerprint density at radius 1 is 0.500 bits per heavy atom. The Hall–Kier alpha value is -1.58. The molecule has 0 aliphatic heterocycles. The number of rotatable bonds is 16. The molecule has 4 nitrogen and oxygen atoms in total. The maximum Gasteiger partial charge on any atom is 0.168 e. The van der Waals surface area contributed by atoms with Crippen molar-refractivity contribution in [3.63, 3.8) is 0 Å². The molecule has 0 aliphatic rings. The van der Waals surface area contributed by atoms with Crippen LogP contribution in [0.15, 0.2) is 0 Å². The molecule has 0 N–H and O–H groups in total. The van der Waals surface area contributed by atoms with Gasteiger partial charge in [-0.3, -0.25) is 0 Å². The Labute approximate surface area is 172 Å². The van der Waals surface area contributed by atoms with Crippen molar-refractivity contribution in [2.45, 2.75) is 90.9 Å². The van der Waals surface area contributed by atoms with Crippen LogP contribution in [-0.4, -0.2) is 28.4 Å². The first-order valence-corrected chi connectivity index (χ1v) is 11.0. The number of unbranched alkanes of at least 4 members (excludes halogenated alkanes) is 10. The smallest absolute Gasteiger partial charge is 0.168 e. The van der Waals surface area contributed by atoms with Gasteiger partial charge in [0.05, 0.1) is 28.4 Å². The van der Waals surface area contributed by atoms with Crippen molar-refractivity contribution in [1.29, 1.82) is 0 Å². The summed E-state index contributed by atoms with van der Waals surface area (Å²) < 4.78 is 22.6. The quantitative estimate of drug-likeness (QED) is 0.286. The molecule has 1 rings (SSSR count). The number of benzene rings is 1. The topological polar surface area (TPSA) is 36.9 Å². The molecule has 0 unspecified atom stereocenters. The minimum Gasteiger partial charge on any atom is -0.492 e. The van der Waals surface area contributed by atoms with E-state index in [1.165, 1.54) is 64.2 Å². The van der Waals surface area contributed by atoms with Crippen molar-refractivity contribution < 1.29 is 18.9 Å². The van der Waals surface area contributed by atoms with E-state index in [2.05, 4.69) is 6.92 Å². The van der Waals surface area contributed by atoms with Gasteiger partial charge >= 0.3 is 0 Å². The lowest BCUT2D eigenvalue weighted by molar-refractivity contribution is 0.319. The molecule has 0 fully saturated rings. The largest absolute Gasteiger partial charge is 0.492 e. The molecule has 0 heterocycles. The molecule has 0 saturated carbocycles. The maximum absolute atomic E-state index is 5.68. The molecule has 0 spiro atoms. The van der Waals surface area contributed by atoms with E-state index < -0.39 is 0 Å². The molecule has 0 saturated heterocycles. The highest BCUT2D eigenvalue weighted by Crippen LogP contribution is 2.48. The minimum absolute atomic E-state index is 0.734. The average molecular weight is 395 g/mol. The molecule has 1 aromatic rings. The summed E-state index contributed by atoms with van der Waals surface area (Å²) >= 11 is 0. The van der Waals surface area contributed by atoms with E-state index in [-0.39, 0.29) is 0 Å². The van der Waals surface area contributed by atoms with Crippen LogP contribution in [0.2, 0.25) is 0 Å². The van der Waals surface area contributed by atoms with E-state index in [0.29, 0.717) is 0 Å². The lowest BCUT2D eigenvalue weighted by Crippen LogP contribution is -2.05. The molecule has 28 heavy (non-hydrogen) atoms. The van der Waals surface area contributed by atoms with Gasteiger partial charge in [-0.05, 0) is 19.8 Å². The highest BCUT2D eigenvalue weighted by atomic mass is 16.5. The Kier molecular flexibility index (Phi) is 12.6. The van der Waals surface area contributed by atoms with E-state index in [4.69, 9.17) is 18.9 Å². The summed E-state index contributed by atoms with van der Waals surface area (Å²) in [5.41, 5.74) is 1.95. The minimum atomic E-state index is 0.734. The van der Waals surface area contributed by atoms with Crippen LogP contribution in [0, 0.1) is 6.92 Å². The summed E-state index contributed by atoms with van der Waals surface area (Å²) in [6.07, 6.45) is 15.5. The Balaban J connectivity index is 2.53. The second-order valence-corrected chi connectivity index (χ2v) is 7.52. The van der Waals surface area contributed by atoms with E-state index in [1.54, 1.807) is 28.4 Å². The van der Waals surface area contributed by atoms with Gasteiger partial charge in [0.25, 0.3) is 0 Å². The first-order chi connectivity index (χ1) is 13.7. The van der Waals surface area contributed by atoms with Crippen molar-refractivity contribution in [3.8, 4) is 23.0 Å². The third kappa shape index (κ3) is 7.10. The van der Waals surface area contributed by atoms with Gasteiger partial charge in [0.1, 0.15) is 0 Å². The summed E-state index contributed by atoms with van der Waals surface area (Å²) in [6, 6.07) is 0. The van der Waals surface area contributed by atoms with Crippen LogP contribution in [0.5, 0.6) is 23.0 Å². The van der Waals surface area contributed by atoms with Crippen molar-refractivity contribution in [2.75, 3.05) is 28.4 Å². The number of ether oxygens (including phenoxy) is 4. The third-order valence-electron chi connectivity index (χ3n) is 5.49.